The molecule has 0 unspecified atom stereocenters. The molecule has 0 fully saturated rings. The summed E-state index contributed by atoms with van der Waals surface area (Å²) < 4.78 is 5.24. The summed E-state index contributed by atoms with van der Waals surface area (Å²) in [4.78, 5) is 4.35. The number of hydrogen-bond donors (Lipinski definition) is 1. The third kappa shape index (κ3) is 3.42. The van der Waals surface area contributed by atoms with Crippen LogP contribution < -0.4 is 10.1 Å². The lowest BCUT2D eigenvalue weighted by molar-refractivity contribution is 0.415. The highest BCUT2D eigenvalue weighted by atomic mass is 35.5. The molecule has 122 valence electrons. The van der Waals surface area contributed by atoms with Gasteiger partial charge in [-0.1, -0.05) is 19.1 Å². The molecule has 24 heavy (non-hydrogen) atoms. The average Bonchev–Trinajstić information content (AvgIpc) is 2.62. The third-order valence-corrected chi connectivity index (χ3v) is 3.83. The van der Waals surface area contributed by atoms with E-state index in [0.29, 0.717) is 5.56 Å². The predicted molar refractivity (Wildman–Crippen MR) is 99.4 cm³/mol. The summed E-state index contributed by atoms with van der Waals surface area (Å²) in [6.45, 7) is 2.12. The van der Waals surface area contributed by atoms with E-state index in [9.17, 15) is 5.26 Å². The molecule has 2 aromatic carbocycles. The van der Waals surface area contributed by atoms with Crippen molar-refractivity contribution in [3.8, 4) is 11.8 Å². The van der Waals surface area contributed by atoms with Crippen molar-refractivity contribution >= 4 is 34.7 Å². The molecule has 0 bridgehead atoms. The van der Waals surface area contributed by atoms with Crippen molar-refractivity contribution in [2.75, 3.05) is 12.4 Å². The van der Waals surface area contributed by atoms with Gasteiger partial charge in [0.1, 0.15) is 11.8 Å². The zero-order valence-electron chi connectivity index (χ0n) is 13.5. The number of nitriles is 1. The Balaban J connectivity index is 0.00000208. The van der Waals surface area contributed by atoms with Gasteiger partial charge in [-0.3, -0.25) is 4.98 Å². The molecule has 4 nitrogen and oxygen atoms in total. The molecule has 0 radical (unpaired) electrons. The molecule has 0 aliphatic heterocycles. The second kappa shape index (κ2) is 7.67. The van der Waals surface area contributed by atoms with Gasteiger partial charge in [-0.15, -0.1) is 12.4 Å². The number of nitrogens with zero attached hydrogens (tertiary/aromatic N) is 2. The fraction of sp³-hybridized carbons (Fsp3) is 0.158. The number of fused-ring (bicyclic) bond motifs is 1. The van der Waals surface area contributed by atoms with Gasteiger partial charge in [0.25, 0.3) is 0 Å². The van der Waals surface area contributed by atoms with Crippen LogP contribution in [-0.2, 0) is 6.42 Å². The van der Waals surface area contributed by atoms with Gasteiger partial charge in [0, 0.05) is 23.3 Å². The van der Waals surface area contributed by atoms with Crippen LogP contribution in [-0.4, -0.2) is 12.1 Å². The number of pyridine rings is 1. The summed E-state index contributed by atoms with van der Waals surface area (Å²) >= 11 is 0. The van der Waals surface area contributed by atoms with Gasteiger partial charge in [0.15, 0.2) is 0 Å². The van der Waals surface area contributed by atoms with Crippen LogP contribution in [0.25, 0.3) is 10.9 Å². The summed E-state index contributed by atoms with van der Waals surface area (Å²) in [5.41, 5.74) is 4.30. The Hall–Kier alpha value is -2.77. The van der Waals surface area contributed by atoms with E-state index in [1.807, 2.05) is 30.3 Å². The molecule has 0 aliphatic rings. The average molecular weight is 340 g/mol. The Kier molecular flexibility index (Phi) is 5.62. The van der Waals surface area contributed by atoms with Crippen LogP contribution >= 0.6 is 12.4 Å². The van der Waals surface area contributed by atoms with Crippen LogP contribution in [0.4, 0.5) is 11.4 Å². The number of benzene rings is 2. The van der Waals surface area contributed by atoms with Gasteiger partial charge in [-0.05, 0) is 36.2 Å². The van der Waals surface area contributed by atoms with E-state index in [1.165, 1.54) is 5.56 Å². The van der Waals surface area contributed by atoms with Gasteiger partial charge in [0.05, 0.1) is 23.9 Å². The van der Waals surface area contributed by atoms with Gasteiger partial charge in [-0.25, -0.2) is 0 Å². The molecule has 3 rings (SSSR count). The Bertz CT molecular complexity index is 885. The first-order valence-corrected chi connectivity index (χ1v) is 7.48. The van der Waals surface area contributed by atoms with Gasteiger partial charge >= 0.3 is 0 Å². The van der Waals surface area contributed by atoms with E-state index in [-0.39, 0.29) is 12.4 Å². The molecule has 0 atom stereocenters. The Morgan fingerprint density at radius 3 is 2.54 bits per heavy atom. The molecular weight excluding hydrogens is 322 g/mol. The topological polar surface area (TPSA) is 57.9 Å². The predicted octanol–water partition coefficient (Wildman–Crippen LogP) is 4.84. The monoisotopic (exact) mass is 339 g/mol. The van der Waals surface area contributed by atoms with Gasteiger partial charge in [-0.2, -0.15) is 5.26 Å². The Morgan fingerprint density at radius 1 is 1.17 bits per heavy atom. The zero-order chi connectivity index (χ0) is 16.2. The number of aromatic nitrogens is 1. The first-order valence-electron chi connectivity index (χ1n) is 7.48. The summed E-state index contributed by atoms with van der Waals surface area (Å²) in [5.74, 6) is 0.743. The third-order valence-electron chi connectivity index (χ3n) is 3.83. The van der Waals surface area contributed by atoms with Crippen LogP contribution in [0.2, 0.25) is 0 Å². The standard InChI is InChI=1S/C19H17N3O.ClH/c1-3-13-4-6-15(7-5-13)22-19-14(11-20)12-21-18-10-16(23-2)8-9-17(18)19;/h4-10,12H,3H2,1-2H3,(H,21,22);1H. The molecule has 0 spiro atoms. The fourth-order valence-electron chi connectivity index (χ4n) is 2.49. The smallest absolute Gasteiger partial charge is 0.121 e. The SMILES string of the molecule is CCc1ccc(Nc2c(C#N)cnc3cc(OC)ccc23)cc1.Cl. The van der Waals surface area contributed by atoms with Crippen LogP contribution in [0, 0.1) is 11.3 Å². The number of halogens is 1. The van der Waals surface area contributed by atoms with Crippen LogP contribution in [0.15, 0.2) is 48.7 Å². The molecule has 3 aromatic rings. The fourth-order valence-corrected chi connectivity index (χ4v) is 2.49. The minimum absolute atomic E-state index is 0. The Morgan fingerprint density at radius 2 is 1.92 bits per heavy atom. The highest BCUT2D eigenvalue weighted by Crippen LogP contribution is 2.30. The summed E-state index contributed by atoms with van der Waals surface area (Å²) in [5, 5.41) is 13.6. The number of nitrogens with one attached hydrogen (secondary N) is 1. The van der Waals surface area contributed by atoms with Gasteiger partial charge < -0.3 is 10.1 Å². The number of anilines is 2. The lowest BCUT2D eigenvalue weighted by atomic mass is 10.1. The van der Waals surface area contributed by atoms with Crippen molar-refractivity contribution in [3.05, 3.63) is 59.8 Å². The molecule has 0 saturated heterocycles. The molecule has 5 heteroatoms. The molecule has 0 amide bonds. The minimum Gasteiger partial charge on any atom is -0.497 e. The lowest BCUT2D eigenvalue weighted by Gasteiger charge is -2.12. The van der Waals surface area contributed by atoms with Crippen LogP contribution in [0.3, 0.4) is 0 Å². The molecule has 1 aromatic heterocycles. The number of aryl methyl sites for hydroxylation is 1. The highest BCUT2D eigenvalue weighted by Gasteiger charge is 2.10. The van der Waals surface area contributed by atoms with E-state index in [2.05, 4.69) is 35.4 Å². The zero-order valence-corrected chi connectivity index (χ0v) is 14.4. The van der Waals surface area contributed by atoms with E-state index >= 15 is 0 Å². The van der Waals surface area contributed by atoms with E-state index in [0.717, 1.165) is 34.4 Å². The molecule has 1 N–H and O–H groups in total. The van der Waals surface area contributed by atoms with Crippen LogP contribution in [0.1, 0.15) is 18.1 Å². The van der Waals surface area contributed by atoms with E-state index in [1.54, 1.807) is 13.3 Å². The lowest BCUT2D eigenvalue weighted by Crippen LogP contribution is -1.97. The maximum atomic E-state index is 9.38. The van der Waals surface area contributed by atoms with Gasteiger partial charge in [0.2, 0.25) is 0 Å². The second-order valence-electron chi connectivity index (χ2n) is 5.22. The van der Waals surface area contributed by atoms with Crippen molar-refractivity contribution < 1.29 is 4.74 Å². The minimum atomic E-state index is 0. The molecular formula is C19H18ClN3O. The first-order chi connectivity index (χ1) is 11.2. The van der Waals surface area contributed by atoms with Crippen molar-refractivity contribution in [1.29, 1.82) is 5.26 Å². The summed E-state index contributed by atoms with van der Waals surface area (Å²) in [6.07, 6.45) is 2.59. The molecule has 1 heterocycles. The van der Waals surface area contributed by atoms with Crippen molar-refractivity contribution in [2.45, 2.75) is 13.3 Å². The number of rotatable bonds is 4. The van der Waals surface area contributed by atoms with Crippen molar-refractivity contribution in [3.63, 3.8) is 0 Å². The maximum Gasteiger partial charge on any atom is 0.121 e. The van der Waals surface area contributed by atoms with E-state index in [4.69, 9.17) is 4.74 Å². The quantitative estimate of drug-likeness (QED) is 0.738. The summed E-state index contributed by atoms with van der Waals surface area (Å²) in [6, 6.07) is 16.1. The Labute approximate surface area is 147 Å². The number of ether oxygens (including phenoxy) is 1. The first kappa shape index (κ1) is 17.6. The number of methoxy groups -OCH3 is 1. The number of hydrogen-bond acceptors (Lipinski definition) is 4. The van der Waals surface area contributed by atoms with Crippen molar-refractivity contribution in [2.24, 2.45) is 0 Å². The highest BCUT2D eigenvalue weighted by molar-refractivity contribution is 5.96. The molecule has 0 saturated carbocycles. The summed E-state index contributed by atoms with van der Waals surface area (Å²) in [7, 11) is 1.62. The van der Waals surface area contributed by atoms with E-state index < -0.39 is 0 Å². The van der Waals surface area contributed by atoms with Crippen molar-refractivity contribution in [1.82, 2.24) is 4.98 Å². The molecule has 0 aliphatic carbocycles. The maximum absolute atomic E-state index is 9.38. The largest absolute Gasteiger partial charge is 0.497 e. The normalized spacial score (nSPS) is 9.88. The second-order valence-corrected chi connectivity index (χ2v) is 5.22. The van der Waals surface area contributed by atoms with Crippen LogP contribution in [0.5, 0.6) is 5.75 Å².